The van der Waals surface area contributed by atoms with Gasteiger partial charge in [0.15, 0.2) is 0 Å². The zero-order valence-corrected chi connectivity index (χ0v) is 9.96. The molecular formula is C14H15ClO. The second kappa shape index (κ2) is 5.82. The van der Waals surface area contributed by atoms with Gasteiger partial charge in [-0.25, -0.2) is 0 Å². The van der Waals surface area contributed by atoms with Crippen molar-refractivity contribution in [3.8, 4) is 17.6 Å². The van der Waals surface area contributed by atoms with Crippen molar-refractivity contribution in [1.29, 1.82) is 0 Å². The Morgan fingerprint density at radius 3 is 2.56 bits per heavy atom. The summed E-state index contributed by atoms with van der Waals surface area (Å²) in [7, 11) is 0. The molecule has 0 aliphatic heterocycles. The first kappa shape index (κ1) is 11.4. The van der Waals surface area contributed by atoms with Crippen LogP contribution in [0.2, 0.25) is 0 Å². The Labute approximate surface area is 102 Å². The fourth-order valence-electron chi connectivity index (χ4n) is 1.64. The van der Waals surface area contributed by atoms with Crippen molar-refractivity contribution in [2.24, 2.45) is 5.92 Å². The molecule has 1 nitrogen and oxygen atoms in total. The van der Waals surface area contributed by atoms with Crippen LogP contribution in [0.4, 0.5) is 0 Å². The average Bonchev–Trinajstić information content (AvgIpc) is 2.26. The molecular weight excluding hydrogens is 220 g/mol. The summed E-state index contributed by atoms with van der Waals surface area (Å²) in [5, 5.41) is 0. The standard InChI is InChI=1S/C14H15ClO/c15-10-2-5-12-6-8-14(9-7-12)16-11-13-3-1-4-13/h6-9,13H,1,3-4,10-11H2. The van der Waals surface area contributed by atoms with Crippen LogP contribution >= 0.6 is 11.6 Å². The van der Waals surface area contributed by atoms with Gasteiger partial charge in [0.05, 0.1) is 12.5 Å². The third-order valence-electron chi connectivity index (χ3n) is 2.86. The van der Waals surface area contributed by atoms with E-state index in [4.69, 9.17) is 16.3 Å². The Morgan fingerprint density at radius 2 is 2.00 bits per heavy atom. The summed E-state index contributed by atoms with van der Waals surface area (Å²) in [5.41, 5.74) is 0.983. The highest BCUT2D eigenvalue weighted by molar-refractivity contribution is 6.19. The van der Waals surface area contributed by atoms with E-state index in [1.807, 2.05) is 24.3 Å². The quantitative estimate of drug-likeness (QED) is 0.575. The summed E-state index contributed by atoms with van der Waals surface area (Å²) in [6, 6.07) is 7.87. The van der Waals surface area contributed by atoms with Gasteiger partial charge in [-0.1, -0.05) is 18.3 Å². The number of rotatable bonds is 3. The molecule has 1 fully saturated rings. The van der Waals surface area contributed by atoms with Gasteiger partial charge in [0, 0.05) is 5.56 Å². The summed E-state index contributed by atoms with van der Waals surface area (Å²) in [4.78, 5) is 0. The maximum absolute atomic E-state index is 5.70. The molecule has 0 atom stereocenters. The second-order valence-corrected chi connectivity index (χ2v) is 4.33. The smallest absolute Gasteiger partial charge is 0.119 e. The van der Waals surface area contributed by atoms with Crippen molar-refractivity contribution in [2.75, 3.05) is 12.5 Å². The monoisotopic (exact) mass is 234 g/mol. The Balaban J connectivity index is 1.85. The summed E-state index contributed by atoms with van der Waals surface area (Å²) in [6.45, 7) is 0.854. The molecule has 0 heterocycles. The fraction of sp³-hybridized carbons (Fsp3) is 0.429. The third-order valence-corrected chi connectivity index (χ3v) is 3.00. The first-order valence-electron chi connectivity index (χ1n) is 5.66. The minimum absolute atomic E-state index is 0.375. The maximum Gasteiger partial charge on any atom is 0.119 e. The number of hydrogen-bond donors (Lipinski definition) is 0. The number of alkyl halides is 1. The molecule has 16 heavy (non-hydrogen) atoms. The molecule has 0 N–H and O–H groups in total. The minimum Gasteiger partial charge on any atom is -0.493 e. The zero-order valence-electron chi connectivity index (χ0n) is 9.21. The SMILES string of the molecule is ClCC#Cc1ccc(OCC2CCC2)cc1. The topological polar surface area (TPSA) is 9.23 Å². The highest BCUT2D eigenvalue weighted by atomic mass is 35.5. The molecule has 0 radical (unpaired) electrons. The van der Waals surface area contributed by atoms with E-state index in [-0.39, 0.29) is 0 Å². The number of benzene rings is 1. The second-order valence-electron chi connectivity index (χ2n) is 4.07. The Morgan fingerprint density at radius 1 is 1.25 bits per heavy atom. The predicted molar refractivity (Wildman–Crippen MR) is 66.9 cm³/mol. The predicted octanol–water partition coefficient (Wildman–Crippen LogP) is 3.46. The van der Waals surface area contributed by atoms with Crippen molar-refractivity contribution in [1.82, 2.24) is 0 Å². The van der Waals surface area contributed by atoms with Gasteiger partial charge in [0.25, 0.3) is 0 Å². The van der Waals surface area contributed by atoms with Gasteiger partial charge in [0.1, 0.15) is 5.75 Å². The van der Waals surface area contributed by atoms with E-state index in [1.54, 1.807) is 0 Å². The minimum atomic E-state index is 0.375. The van der Waals surface area contributed by atoms with Crippen LogP contribution in [0.15, 0.2) is 24.3 Å². The van der Waals surface area contributed by atoms with E-state index < -0.39 is 0 Å². The molecule has 1 aliphatic rings. The average molecular weight is 235 g/mol. The molecule has 84 valence electrons. The highest BCUT2D eigenvalue weighted by Crippen LogP contribution is 2.27. The van der Waals surface area contributed by atoms with Crippen molar-refractivity contribution in [2.45, 2.75) is 19.3 Å². The first-order valence-corrected chi connectivity index (χ1v) is 6.19. The summed E-state index contributed by atoms with van der Waals surface area (Å²) < 4.78 is 5.70. The molecule has 0 bridgehead atoms. The third kappa shape index (κ3) is 3.18. The summed E-state index contributed by atoms with van der Waals surface area (Å²) in [5.74, 6) is 7.88. The van der Waals surface area contributed by atoms with Gasteiger partial charge in [-0.2, -0.15) is 0 Å². The maximum atomic E-state index is 5.70. The molecule has 1 aromatic rings. The van der Waals surface area contributed by atoms with E-state index in [0.717, 1.165) is 23.8 Å². The fourth-order valence-corrected chi connectivity index (χ4v) is 1.71. The van der Waals surface area contributed by atoms with E-state index in [9.17, 15) is 0 Å². The van der Waals surface area contributed by atoms with E-state index >= 15 is 0 Å². The molecule has 1 aliphatic carbocycles. The van der Waals surface area contributed by atoms with Crippen LogP contribution in [0, 0.1) is 17.8 Å². The molecule has 0 aromatic heterocycles. The van der Waals surface area contributed by atoms with Gasteiger partial charge >= 0.3 is 0 Å². The van der Waals surface area contributed by atoms with Crippen molar-refractivity contribution in [3.63, 3.8) is 0 Å². The van der Waals surface area contributed by atoms with Crippen LogP contribution < -0.4 is 4.74 Å². The lowest BCUT2D eigenvalue weighted by atomic mass is 9.86. The van der Waals surface area contributed by atoms with Crippen LogP contribution in [0.1, 0.15) is 24.8 Å². The van der Waals surface area contributed by atoms with Crippen LogP contribution in [0.25, 0.3) is 0 Å². The number of ether oxygens (including phenoxy) is 1. The lowest BCUT2D eigenvalue weighted by Gasteiger charge is -2.25. The van der Waals surface area contributed by atoms with E-state index in [0.29, 0.717) is 5.88 Å². The first-order chi connectivity index (χ1) is 7.88. The molecule has 1 saturated carbocycles. The van der Waals surface area contributed by atoms with Gasteiger partial charge in [0.2, 0.25) is 0 Å². The molecule has 2 heteroatoms. The molecule has 0 unspecified atom stereocenters. The lowest BCUT2D eigenvalue weighted by Crippen LogP contribution is -2.19. The van der Waals surface area contributed by atoms with E-state index in [1.165, 1.54) is 19.3 Å². The Bertz CT molecular complexity index is 381. The summed E-state index contributed by atoms with van der Waals surface area (Å²) in [6.07, 6.45) is 4.00. The van der Waals surface area contributed by atoms with Crippen molar-refractivity contribution < 1.29 is 4.74 Å². The molecule has 0 saturated heterocycles. The van der Waals surface area contributed by atoms with Gasteiger partial charge in [-0.15, -0.1) is 11.6 Å². The Kier molecular flexibility index (Phi) is 4.13. The van der Waals surface area contributed by atoms with Gasteiger partial charge < -0.3 is 4.74 Å². The summed E-state index contributed by atoms with van der Waals surface area (Å²) >= 11 is 5.49. The van der Waals surface area contributed by atoms with Crippen LogP contribution in [-0.2, 0) is 0 Å². The highest BCUT2D eigenvalue weighted by Gasteiger charge is 2.17. The molecule has 2 rings (SSSR count). The van der Waals surface area contributed by atoms with Crippen LogP contribution in [0.5, 0.6) is 5.75 Å². The van der Waals surface area contributed by atoms with E-state index in [2.05, 4.69) is 11.8 Å². The van der Waals surface area contributed by atoms with Gasteiger partial charge in [-0.05, 0) is 43.0 Å². The number of hydrogen-bond acceptors (Lipinski definition) is 1. The Hall–Kier alpha value is -1.13. The van der Waals surface area contributed by atoms with Crippen LogP contribution in [0.3, 0.4) is 0 Å². The largest absolute Gasteiger partial charge is 0.493 e. The molecule has 0 amide bonds. The van der Waals surface area contributed by atoms with Crippen molar-refractivity contribution >= 4 is 11.6 Å². The van der Waals surface area contributed by atoms with Gasteiger partial charge in [-0.3, -0.25) is 0 Å². The van der Waals surface area contributed by atoms with Crippen molar-refractivity contribution in [3.05, 3.63) is 29.8 Å². The molecule has 0 spiro atoms. The normalized spacial score (nSPS) is 14.8. The molecule has 1 aromatic carbocycles. The lowest BCUT2D eigenvalue weighted by molar-refractivity contribution is 0.180. The number of halogens is 1. The zero-order chi connectivity index (χ0) is 11.2. The van der Waals surface area contributed by atoms with Crippen LogP contribution in [-0.4, -0.2) is 12.5 Å².